The molecular formula is C13H20N4O2. The van der Waals surface area contributed by atoms with E-state index in [9.17, 15) is 5.11 Å². The summed E-state index contributed by atoms with van der Waals surface area (Å²) < 4.78 is 5.50. The first-order valence-electron chi connectivity index (χ1n) is 6.63. The fraction of sp³-hybridized carbons (Fsp3) is 0.692. The van der Waals surface area contributed by atoms with Crippen molar-refractivity contribution in [2.24, 2.45) is 0 Å². The third kappa shape index (κ3) is 2.43. The lowest BCUT2D eigenvalue weighted by molar-refractivity contribution is -0.0805. The molecule has 2 N–H and O–H groups in total. The van der Waals surface area contributed by atoms with Crippen molar-refractivity contribution >= 4 is 5.95 Å². The number of anilines is 1. The van der Waals surface area contributed by atoms with Gasteiger partial charge in [0.15, 0.2) is 0 Å². The number of aliphatic hydroxyl groups is 1. The first-order chi connectivity index (χ1) is 9.07. The van der Waals surface area contributed by atoms with E-state index in [0.717, 1.165) is 5.56 Å². The van der Waals surface area contributed by atoms with E-state index in [4.69, 9.17) is 4.74 Å². The molecule has 1 aromatic rings. The van der Waals surface area contributed by atoms with E-state index in [-0.39, 0.29) is 12.1 Å². The van der Waals surface area contributed by atoms with Crippen molar-refractivity contribution in [3.63, 3.8) is 0 Å². The van der Waals surface area contributed by atoms with Crippen molar-refractivity contribution in [1.82, 2.24) is 15.3 Å². The zero-order valence-corrected chi connectivity index (χ0v) is 11.3. The summed E-state index contributed by atoms with van der Waals surface area (Å²) in [7, 11) is 3.80. The zero-order valence-electron chi connectivity index (χ0n) is 11.3. The maximum absolute atomic E-state index is 10.9. The maximum atomic E-state index is 10.9. The maximum Gasteiger partial charge on any atom is 0.224 e. The number of rotatable bonds is 2. The summed E-state index contributed by atoms with van der Waals surface area (Å²) in [5.41, 5.74) is -0.0358. The lowest BCUT2D eigenvalue weighted by Crippen LogP contribution is -2.58. The quantitative estimate of drug-likeness (QED) is 0.776. The van der Waals surface area contributed by atoms with E-state index >= 15 is 0 Å². The number of aromatic nitrogens is 2. The molecule has 0 aliphatic carbocycles. The number of nitrogens with zero attached hydrogens (tertiary/aromatic N) is 3. The van der Waals surface area contributed by atoms with Gasteiger partial charge in [0.1, 0.15) is 0 Å². The topological polar surface area (TPSA) is 70.5 Å². The highest BCUT2D eigenvalue weighted by atomic mass is 16.5. The lowest BCUT2D eigenvalue weighted by atomic mass is 9.79. The Labute approximate surface area is 112 Å². The predicted molar refractivity (Wildman–Crippen MR) is 71.0 cm³/mol. The Morgan fingerprint density at radius 3 is 2.37 bits per heavy atom. The molecule has 6 heteroatoms. The van der Waals surface area contributed by atoms with Crippen LogP contribution in [0.5, 0.6) is 0 Å². The van der Waals surface area contributed by atoms with Crippen LogP contribution in [0.2, 0.25) is 0 Å². The number of fused-ring (bicyclic) bond motifs is 2. The Morgan fingerprint density at radius 1 is 1.26 bits per heavy atom. The molecule has 19 heavy (non-hydrogen) atoms. The highest BCUT2D eigenvalue weighted by molar-refractivity contribution is 5.29. The largest absolute Gasteiger partial charge is 0.385 e. The lowest BCUT2D eigenvalue weighted by Gasteiger charge is -2.44. The summed E-state index contributed by atoms with van der Waals surface area (Å²) >= 11 is 0. The van der Waals surface area contributed by atoms with Crippen molar-refractivity contribution < 1.29 is 9.84 Å². The van der Waals surface area contributed by atoms with Gasteiger partial charge in [0, 0.05) is 44.1 Å². The van der Waals surface area contributed by atoms with Gasteiger partial charge in [-0.05, 0) is 12.8 Å². The van der Waals surface area contributed by atoms with Gasteiger partial charge in [0.05, 0.1) is 18.8 Å². The second-order valence-electron chi connectivity index (χ2n) is 5.70. The monoisotopic (exact) mass is 264 g/mol. The molecular weight excluding hydrogens is 244 g/mol. The molecule has 0 amide bonds. The molecule has 2 aliphatic heterocycles. The molecule has 2 bridgehead atoms. The summed E-state index contributed by atoms with van der Waals surface area (Å²) in [5, 5.41) is 14.4. The van der Waals surface area contributed by atoms with Crippen LogP contribution in [0, 0.1) is 0 Å². The molecule has 0 aromatic carbocycles. The van der Waals surface area contributed by atoms with E-state index in [0.29, 0.717) is 32.0 Å². The minimum Gasteiger partial charge on any atom is -0.385 e. The second-order valence-corrected chi connectivity index (χ2v) is 5.70. The molecule has 3 rings (SSSR count). The van der Waals surface area contributed by atoms with Gasteiger partial charge in [-0.1, -0.05) is 0 Å². The standard InChI is InChI=1S/C13H20N4O2/c1-17(2)12-14-5-9(6-15-12)13(18)3-10-7-19-8-11(4-13)16-10/h5-6,10-11,16,18H,3-4,7-8H2,1-2H3. The van der Waals surface area contributed by atoms with Gasteiger partial charge < -0.3 is 20.1 Å². The van der Waals surface area contributed by atoms with Gasteiger partial charge in [-0.2, -0.15) is 0 Å². The molecule has 2 aliphatic rings. The Morgan fingerprint density at radius 2 is 1.84 bits per heavy atom. The van der Waals surface area contributed by atoms with Crippen LogP contribution in [0.25, 0.3) is 0 Å². The van der Waals surface area contributed by atoms with Gasteiger partial charge in [-0.25, -0.2) is 9.97 Å². The first kappa shape index (κ1) is 12.8. The number of morpholine rings is 1. The molecule has 1 aromatic heterocycles. The minimum absolute atomic E-state index is 0.214. The average molecular weight is 264 g/mol. The van der Waals surface area contributed by atoms with Crippen LogP contribution >= 0.6 is 0 Å². The van der Waals surface area contributed by atoms with E-state index < -0.39 is 5.60 Å². The van der Waals surface area contributed by atoms with E-state index in [1.165, 1.54) is 0 Å². The molecule has 3 heterocycles. The van der Waals surface area contributed by atoms with Crippen LogP contribution in [0.3, 0.4) is 0 Å². The number of hydrogen-bond acceptors (Lipinski definition) is 6. The highest BCUT2D eigenvalue weighted by Crippen LogP contribution is 2.36. The van der Waals surface area contributed by atoms with Crippen LogP contribution in [0.4, 0.5) is 5.95 Å². The van der Waals surface area contributed by atoms with Crippen LogP contribution < -0.4 is 10.2 Å². The molecule has 2 unspecified atom stereocenters. The van der Waals surface area contributed by atoms with Crippen molar-refractivity contribution in [3.05, 3.63) is 18.0 Å². The van der Waals surface area contributed by atoms with Crippen molar-refractivity contribution in [1.29, 1.82) is 0 Å². The van der Waals surface area contributed by atoms with Crippen molar-refractivity contribution in [2.75, 3.05) is 32.2 Å². The van der Waals surface area contributed by atoms with Gasteiger partial charge >= 0.3 is 0 Å². The number of hydrogen-bond donors (Lipinski definition) is 2. The van der Waals surface area contributed by atoms with Crippen LogP contribution in [-0.2, 0) is 10.3 Å². The fourth-order valence-corrected chi connectivity index (χ4v) is 2.94. The summed E-state index contributed by atoms with van der Waals surface area (Å²) in [6, 6.07) is 0.428. The molecule has 0 radical (unpaired) electrons. The van der Waals surface area contributed by atoms with Gasteiger partial charge in [-0.3, -0.25) is 0 Å². The molecule has 2 saturated heterocycles. The minimum atomic E-state index is -0.838. The smallest absolute Gasteiger partial charge is 0.224 e. The third-order valence-electron chi connectivity index (χ3n) is 3.85. The molecule has 6 nitrogen and oxygen atoms in total. The van der Waals surface area contributed by atoms with E-state index in [2.05, 4.69) is 15.3 Å². The number of nitrogens with one attached hydrogen (secondary N) is 1. The zero-order chi connectivity index (χ0) is 13.5. The Kier molecular flexibility index (Phi) is 3.16. The second kappa shape index (κ2) is 4.70. The van der Waals surface area contributed by atoms with Gasteiger partial charge in [-0.15, -0.1) is 0 Å². The fourth-order valence-electron chi connectivity index (χ4n) is 2.94. The summed E-state index contributed by atoms with van der Waals surface area (Å²) in [4.78, 5) is 10.4. The summed E-state index contributed by atoms with van der Waals surface area (Å²) in [5.74, 6) is 0.657. The van der Waals surface area contributed by atoms with Crippen molar-refractivity contribution in [3.8, 4) is 0 Å². The first-order valence-corrected chi connectivity index (χ1v) is 6.63. The SMILES string of the molecule is CN(C)c1ncc(C2(O)CC3COCC(C2)N3)cn1. The Bertz CT molecular complexity index is 436. The van der Waals surface area contributed by atoms with Crippen LogP contribution in [0.15, 0.2) is 12.4 Å². The van der Waals surface area contributed by atoms with Crippen LogP contribution in [-0.4, -0.2) is 54.5 Å². The average Bonchev–Trinajstić information content (AvgIpc) is 2.38. The van der Waals surface area contributed by atoms with E-state index in [1.54, 1.807) is 12.4 Å². The normalized spacial score (nSPS) is 34.1. The van der Waals surface area contributed by atoms with Crippen LogP contribution in [0.1, 0.15) is 18.4 Å². The summed E-state index contributed by atoms with van der Waals surface area (Å²) in [6.07, 6.45) is 4.77. The molecule has 104 valence electrons. The molecule has 2 atom stereocenters. The Balaban J connectivity index is 1.83. The van der Waals surface area contributed by atoms with Gasteiger partial charge in [0.25, 0.3) is 0 Å². The molecule has 2 fully saturated rings. The molecule has 0 spiro atoms. The predicted octanol–water partition coefficient (Wildman–Crippen LogP) is -0.119. The number of piperidine rings is 1. The Hall–Kier alpha value is -1.24. The van der Waals surface area contributed by atoms with Crippen molar-refractivity contribution in [2.45, 2.75) is 30.5 Å². The highest BCUT2D eigenvalue weighted by Gasteiger charge is 2.42. The molecule has 0 saturated carbocycles. The van der Waals surface area contributed by atoms with E-state index in [1.807, 2.05) is 19.0 Å². The number of ether oxygens (including phenoxy) is 1. The van der Waals surface area contributed by atoms with Gasteiger partial charge in [0.2, 0.25) is 5.95 Å². The third-order valence-corrected chi connectivity index (χ3v) is 3.85. The summed E-state index contributed by atoms with van der Waals surface area (Å²) in [6.45, 7) is 1.32.